The van der Waals surface area contributed by atoms with E-state index in [2.05, 4.69) is 5.32 Å². The lowest BCUT2D eigenvalue weighted by Crippen LogP contribution is -2.15. The molecule has 2 aromatic carbocycles. The topological polar surface area (TPSA) is 104 Å². The molecule has 1 N–H and O–H groups in total. The molecule has 0 saturated heterocycles. The number of amides is 1. The highest BCUT2D eigenvalue weighted by molar-refractivity contribution is 5.97. The van der Waals surface area contributed by atoms with Crippen LogP contribution in [0, 0.1) is 17.0 Å². The number of carbonyl (C=O) groups is 1. The molecule has 2 heterocycles. The van der Waals surface area contributed by atoms with E-state index in [4.69, 9.17) is 13.9 Å². The Morgan fingerprint density at radius 1 is 1.23 bits per heavy atom. The third-order valence-corrected chi connectivity index (χ3v) is 4.12. The Hall–Kier alpha value is -3.55. The van der Waals surface area contributed by atoms with E-state index in [0.717, 1.165) is 10.9 Å². The van der Waals surface area contributed by atoms with Crippen molar-refractivity contribution < 1.29 is 23.6 Å². The standard InChI is InChI=1S/C18H14N2O6/c1-10-2-3-12-11(8-24-15(12)4-10)5-18(21)19-13-6-16-17(26-9-25-16)7-14(13)20(22)23/h2-4,6-8H,5,9H2,1H3,(H,19,21). The average molecular weight is 354 g/mol. The minimum Gasteiger partial charge on any atom is -0.464 e. The maximum Gasteiger partial charge on any atom is 0.296 e. The van der Waals surface area contributed by atoms with Crippen LogP contribution < -0.4 is 14.8 Å². The third-order valence-electron chi connectivity index (χ3n) is 4.12. The number of nitrogens with zero attached hydrogens (tertiary/aromatic N) is 1. The molecule has 0 spiro atoms. The fourth-order valence-electron chi connectivity index (χ4n) is 2.88. The van der Waals surface area contributed by atoms with Crippen molar-refractivity contribution in [3.63, 3.8) is 0 Å². The molecule has 1 aromatic heterocycles. The summed E-state index contributed by atoms with van der Waals surface area (Å²) in [5.74, 6) is 0.247. The SMILES string of the molecule is Cc1ccc2c(CC(=O)Nc3cc4c(cc3[N+](=O)[O-])OCO4)coc2c1. The Balaban J connectivity index is 1.59. The Morgan fingerprint density at radius 3 is 2.77 bits per heavy atom. The van der Waals surface area contributed by atoms with E-state index < -0.39 is 10.8 Å². The summed E-state index contributed by atoms with van der Waals surface area (Å²) < 4.78 is 15.8. The number of hydrogen-bond donors (Lipinski definition) is 1. The van der Waals surface area contributed by atoms with Gasteiger partial charge >= 0.3 is 0 Å². The van der Waals surface area contributed by atoms with Crippen molar-refractivity contribution >= 4 is 28.3 Å². The van der Waals surface area contributed by atoms with Gasteiger partial charge in [-0.3, -0.25) is 14.9 Å². The largest absolute Gasteiger partial charge is 0.464 e. The van der Waals surface area contributed by atoms with E-state index in [1.807, 2.05) is 25.1 Å². The molecule has 132 valence electrons. The van der Waals surface area contributed by atoms with E-state index in [9.17, 15) is 14.9 Å². The second-order valence-corrected chi connectivity index (χ2v) is 5.97. The number of ether oxygens (including phenoxy) is 2. The highest BCUT2D eigenvalue weighted by atomic mass is 16.7. The number of hydrogen-bond acceptors (Lipinski definition) is 6. The van der Waals surface area contributed by atoms with Gasteiger partial charge in [0.05, 0.1) is 23.7 Å². The molecule has 0 radical (unpaired) electrons. The number of benzene rings is 2. The number of anilines is 1. The van der Waals surface area contributed by atoms with Crippen LogP contribution in [0.1, 0.15) is 11.1 Å². The Kier molecular flexibility index (Phi) is 3.72. The zero-order valence-electron chi connectivity index (χ0n) is 13.8. The van der Waals surface area contributed by atoms with Crippen LogP contribution in [-0.4, -0.2) is 17.6 Å². The lowest BCUT2D eigenvalue weighted by Gasteiger charge is -2.07. The molecule has 0 atom stereocenters. The maximum atomic E-state index is 12.4. The number of fused-ring (bicyclic) bond motifs is 2. The molecule has 3 aromatic rings. The van der Waals surface area contributed by atoms with Gasteiger partial charge in [0, 0.05) is 17.0 Å². The summed E-state index contributed by atoms with van der Waals surface area (Å²) in [6, 6.07) is 8.35. The summed E-state index contributed by atoms with van der Waals surface area (Å²) in [5.41, 5.74) is 2.27. The van der Waals surface area contributed by atoms with Crippen molar-refractivity contribution in [2.45, 2.75) is 13.3 Å². The highest BCUT2D eigenvalue weighted by Gasteiger charge is 2.24. The lowest BCUT2D eigenvalue weighted by atomic mass is 10.1. The van der Waals surface area contributed by atoms with Gasteiger partial charge in [0.1, 0.15) is 11.3 Å². The number of nitro benzene ring substituents is 1. The molecule has 1 aliphatic heterocycles. The Labute approximate surface area is 147 Å². The molecule has 1 aliphatic rings. The van der Waals surface area contributed by atoms with Gasteiger partial charge in [0.2, 0.25) is 12.7 Å². The normalized spacial score (nSPS) is 12.3. The predicted octanol–water partition coefficient (Wildman–Crippen LogP) is 3.56. The van der Waals surface area contributed by atoms with Gasteiger partial charge in [-0.05, 0) is 18.6 Å². The second kappa shape index (κ2) is 6.07. The molecule has 8 heteroatoms. The minimum atomic E-state index is -0.576. The van der Waals surface area contributed by atoms with E-state index in [-0.39, 0.29) is 30.3 Å². The molecule has 26 heavy (non-hydrogen) atoms. The van der Waals surface area contributed by atoms with Crippen molar-refractivity contribution in [2.75, 3.05) is 12.1 Å². The van der Waals surface area contributed by atoms with E-state index >= 15 is 0 Å². The van der Waals surface area contributed by atoms with E-state index in [1.165, 1.54) is 18.4 Å². The molecular weight excluding hydrogens is 340 g/mol. The zero-order valence-corrected chi connectivity index (χ0v) is 13.8. The van der Waals surface area contributed by atoms with Crippen LogP contribution in [-0.2, 0) is 11.2 Å². The van der Waals surface area contributed by atoms with Crippen LogP contribution in [0.15, 0.2) is 41.0 Å². The molecule has 0 fully saturated rings. The lowest BCUT2D eigenvalue weighted by molar-refractivity contribution is -0.384. The highest BCUT2D eigenvalue weighted by Crippen LogP contribution is 2.40. The molecule has 0 aliphatic carbocycles. The van der Waals surface area contributed by atoms with Gasteiger partial charge in [-0.25, -0.2) is 0 Å². The van der Waals surface area contributed by atoms with Crippen molar-refractivity contribution in [2.24, 2.45) is 0 Å². The molecule has 0 unspecified atom stereocenters. The summed E-state index contributed by atoms with van der Waals surface area (Å²) in [6.45, 7) is 1.94. The third kappa shape index (κ3) is 2.81. The number of aryl methyl sites for hydroxylation is 1. The fourth-order valence-corrected chi connectivity index (χ4v) is 2.88. The van der Waals surface area contributed by atoms with E-state index in [1.54, 1.807) is 0 Å². The summed E-state index contributed by atoms with van der Waals surface area (Å²) >= 11 is 0. The van der Waals surface area contributed by atoms with Crippen LogP contribution >= 0.6 is 0 Å². The van der Waals surface area contributed by atoms with Gasteiger partial charge in [-0.2, -0.15) is 0 Å². The second-order valence-electron chi connectivity index (χ2n) is 5.97. The van der Waals surface area contributed by atoms with Crippen molar-refractivity contribution in [1.29, 1.82) is 0 Å². The fraction of sp³-hybridized carbons (Fsp3) is 0.167. The number of furan rings is 1. The molecule has 4 rings (SSSR count). The van der Waals surface area contributed by atoms with Crippen LogP contribution in [0.2, 0.25) is 0 Å². The van der Waals surface area contributed by atoms with E-state index in [0.29, 0.717) is 16.9 Å². The molecule has 1 amide bonds. The van der Waals surface area contributed by atoms with Crippen LogP contribution in [0.25, 0.3) is 11.0 Å². The van der Waals surface area contributed by atoms with Crippen molar-refractivity contribution in [1.82, 2.24) is 0 Å². The monoisotopic (exact) mass is 354 g/mol. The summed E-state index contributed by atoms with van der Waals surface area (Å²) in [5, 5.41) is 14.7. The predicted molar refractivity (Wildman–Crippen MR) is 92.5 cm³/mol. The number of carbonyl (C=O) groups excluding carboxylic acids is 1. The molecule has 8 nitrogen and oxygen atoms in total. The molecule has 0 saturated carbocycles. The first-order chi connectivity index (χ1) is 12.5. The van der Waals surface area contributed by atoms with Crippen molar-refractivity contribution in [3.05, 3.63) is 57.8 Å². The molecular formula is C18H14N2O6. The van der Waals surface area contributed by atoms with Gasteiger partial charge in [0.25, 0.3) is 5.69 Å². The summed E-state index contributed by atoms with van der Waals surface area (Å²) in [4.78, 5) is 23.1. The Morgan fingerprint density at radius 2 is 2.00 bits per heavy atom. The summed E-state index contributed by atoms with van der Waals surface area (Å²) in [7, 11) is 0. The number of nitrogens with one attached hydrogen (secondary N) is 1. The van der Waals surface area contributed by atoms with Crippen LogP contribution in [0.5, 0.6) is 11.5 Å². The maximum absolute atomic E-state index is 12.4. The Bertz CT molecular complexity index is 1040. The zero-order chi connectivity index (χ0) is 18.3. The first-order valence-corrected chi connectivity index (χ1v) is 7.86. The van der Waals surface area contributed by atoms with Gasteiger partial charge in [0.15, 0.2) is 11.5 Å². The minimum absolute atomic E-state index is 0.00961. The van der Waals surface area contributed by atoms with Crippen molar-refractivity contribution in [3.8, 4) is 11.5 Å². The average Bonchev–Trinajstić information content (AvgIpc) is 3.20. The quantitative estimate of drug-likeness (QED) is 0.567. The van der Waals surface area contributed by atoms with Gasteiger partial charge in [-0.15, -0.1) is 0 Å². The first-order valence-electron chi connectivity index (χ1n) is 7.86. The number of nitro groups is 1. The van der Waals surface area contributed by atoms with Crippen LogP contribution in [0.4, 0.5) is 11.4 Å². The van der Waals surface area contributed by atoms with Crippen LogP contribution in [0.3, 0.4) is 0 Å². The smallest absolute Gasteiger partial charge is 0.296 e. The summed E-state index contributed by atoms with van der Waals surface area (Å²) in [6.07, 6.45) is 1.55. The molecule has 0 bridgehead atoms. The first kappa shape index (κ1) is 15.9. The van der Waals surface area contributed by atoms with Gasteiger partial charge < -0.3 is 19.2 Å². The van der Waals surface area contributed by atoms with Gasteiger partial charge in [-0.1, -0.05) is 12.1 Å². The number of rotatable bonds is 4.